The molecule has 0 aliphatic carbocycles. The van der Waals surface area contributed by atoms with Crippen LogP contribution in [0.25, 0.3) is 0 Å². The molecule has 19 heavy (non-hydrogen) atoms. The maximum atomic E-state index is 10.0. The van der Waals surface area contributed by atoms with Crippen LogP contribution in [-0.2, 0) is 9.47 Å². The Labute approximate surface area is 123 Å². The molecule has 0 saturated carbocycles. The minimum Gasteiger partial charge on any atom is -0.390 e. The first-order valence-corrected chi connectivity index (χ1v) is 7.81. The van der Waals surface area contributed by atoms with Gasteiger partial charge in [-0.1, -0.05) is 34.9 Å². The summed E-state index contributed by atoms with van der Waals surface area (Å²) in [5.41, 5.74) is 0. The van der Waals surface area contributed by atoms with Gasteiger partial charge < -0.3 is 14.6 Å². The van der Waals surface area contributed by atoms with Crippen LogP contribution in [-0.4, -0.2) is 40.5 Å². The van der Waals surface area contributed by atoms with Gasteiger partial charge in [-0.2, -0.15) is 0 Å². The van der Waals surface area contributed by atoms with Crippen molar-refractivity contribution in [1.29, 1.82) is 0 Å². The van der Waals surface area contributed by atoms with Gasteiger partial charge in [0.2, 0.25) is 0 Å². The summed E-state index contributed by atoms with van der Waals surface area (Å²) in [7, 11) is 0. The van der Waals surface area contributed by atoms with Crippen molar-refractivity contribution in [2.45, 2.75) is 68.0 Å². The average Bonchev–Trinajstić information content (AvgIpc) is 2.93. The van der Waals surface area contributed by atoms with Crippen molar-refractivity contribution in [3.05, 3.63) is 12.2 Å². The first-order chi connectivity index (χ1) is 9.15. The third-order valence-electron chi connectivity index (χ3n) is 3.86. The molecule has 0 spiro atoms. The minimum absolute atomic E-state index is 0.00386. The Morgan fingerprint density at radius 1 is 1.32 bits per heavy atom. The molecule has 0 radical (unpaired) electrons. The zero-order valence-electron chi connectivity index (χ0n) is 11.2. The van der Waals surface area contributed by atoms with Crippen LogP contribution in [0.2, 0.25) is 0 Å². The number of halogens is 1. The minimum atomic E-state index is -0.425. The van der Waals surface area contributed by atoms with Crippen LogP contribution in [0.3, 0.4) is 0 Å². The lowest BCUT2D eigenvalue weighted by atomic mass is 10.0. The second-order valence-electron chi connectivity index (χ2n) is 5.19. The molecule has 2 heterocycles. The summed E-state index contributed by atoms with van der Waals surface area (Å²) in [6, 6.07) is 0. The van der Waals surface area contributed by atoms with E-state index in [9.17, 15) is 5.11 Å². The molecule has 2 saturated heterocycles. The van der Waals surface area contributed by atoms with E-state index < -0.39 is 6.10 Å². The Morgan fingerprint density at radius 2 is 2.00 bits per heavy atom. The van der Waals surface area contributed by atoms with Crippen LogP contribution in [0.1, 0.15) is 32.6 Å². The third kappa shape index (κ3) is 3.61. The molecule has 2 fully saturated rings. The summed E-state index contributed by atoms with van der Waals surface area (Å²) in [4.78, 5) is 0.392. The Balaban J connectivity index is 1.87. The number of allylic oxidation sites excluding steroid dienone is 1. The van der Waals surface area contributed by atoms with Crippen molar-refractivity contribution in [3.8, 4) is 12.3 Å². The van der Waals surface area contributed by atoms with Crippen molar-refractivity contribution < 1.29 is 14.6 Å². The number of aliphatic hydroxyl groups is 1. The fraction of sp³-hybridized carbons (Fsp3) is 0.733. The van der Waals surface area contributed by atoms with Gasteiger partial charge >= 0.3 is 0 Å². The zero-order chi connectivity index (χ0) is 13.8. The zero-order valence-corrected chi connectivity index (χ0v) is 12.8. The molecule has 0 bridgehead atoms. The van der Waals surface area contributed by atoms with E-state index in [0.29, 0.717) is 17.7 Å². The first-order valence-electron chi connectivity index (χ1n) is 6.89. The van der Waals surface area contributed by atoms with Crippen molar-refractivity contribution in [2.24, 2.45) is 0 Å². The first kappa shape index (κ1) is 15.1. The van der Waals surface area contributed by atoms with Crippen LogP contribution in [0.15, 0.2) is 12.2 Å². The lowest BCUT2D eigenvalue weighted by molar-refractivity contribution is -0.0687. The molecular formula is C15H21BrO3. The molecule has 2 aliphatic heterocycles. The summed E-state index contributed by atoms with van der Waals surface area (Å²) in [6.45, 7) is 2.12. The molecule has 106 valence electrons. The smallest absolute Gasteiger partial charge is 0.0874 e. The largest absolute Gasteiger partial charge is 0.390 e. The summed E-state index contributed by atoms with van der Waals surface area (Å²) < 4.78 is 11.9. The standard InChI is InChI=1S/C15H21BrO3/c1-3-5-6-7-13-11(17)9-15(19-13)14-8-10(16)12(4-2)18-14/h1,5-6,10-15,17H,4,7-9H2,2H3/b6-5+/t10-,11+,12+,13-,14+,15-/m0/s1. The third-order valence-corrected chi connectivity index (χ3v) is 4.83. The van der Waals surface area contributed by atoms with E-state index >= 15 is 0 Å². The molecule has 4 heteroatoms. The number of aliphatic hydroxyl groups excluding tert-OH is 1. The number of ether oxygens (including phenoxy) is 2. The quantitative estimate of drug-likeness (QED) is 0.636. The Hall–Kier alpha value is -0.340. The Kier molecular flexibility index (Phi) is 5.47. The lowest BCUT2D eigenvalue weighted by Gasteiger charge is -2.19. The van der Waals surface area contributed by atoms with Crippen LogP contribution in [0, 0.1) is 12.3 Å². The maximum absolute atomic E-state index is 10.0. The molecular weight excluding hydrogens is 308 g/mol. The van der Waals surface area contributed by atoms with Crippen LogP contribution >= 0.6 is 15.9 Å². The molecule has 6 atom stereocenters. The summed E-state index contributed by atoms with van der Waals surface area (Å²) in [5.74, 6) is 2.44. The van der Waals surface area contributed by atoms with Crippen LogP contribution in [0.4, 0.5) is 0 Å². The number of hydrogen-bond acceptors (Lipinski definition) is 3. The molecule has 1 N–H and O–H groups in total. The van der Waals surface area contributed by atoms with Crippen molar-refractivity contribution in [2.75, 3.05) is 0 Å². The predicted octanol–water partition coefficient (Wildman–Crippen LogP) is 2.42. The van der Waals surface area contributed by atoms with E-state index in [4.69, 9.17) is 15.9 Å². The highest BCUT2D eigenvalue weighted by atomic mass is 79.9. The van der Waals surface area contributed by atoms with E-state index in [1.54, 1.807) is 6.08 Å². The van der Waals surface area contributed by atoms with Crippen molar-refractivity contribution in [1.82, 2.24) is 0 Å². The highest BCUT2D eigenvalue weighted by Gasteiger charge is 2.43. The molecule has 2 rings (SSSR count). The van der Waals surface area contributed by atoms with Gasteiger partial charge in [0.25, 0.3) is 0 Å². The molecule has 0 aromatic carbocycles. The normalized spacial score (nSPS) is 42.8. The van der Waals surface area contributed by atoms with Gasteiger partial charge in [0.05, 0.1) is 30.5 Å². The number of hydrogen-bond donors (Lipinski definition) is 1. The second kappa shape index (κ2) is 6.90. The molecule has 0 aromatic heterocycles. The highest BCUT2D eigenvalue weighted by molar-refractivity contribution is 9.09. The van der Waals surface area contributed by atoms with Gasteiger partial charge in [-0.15, -0.1) is 6.42 Å². The maximum Gasteiger partial charge on any atom is 0.0874 e. The number of terminal acetylenes is 1. The van der Waals surface area contributed by atoms with Gasteiger partial charge in [-0.05, 0) is 25.3 Å². The van der Waals surface area contributed by atoms with E-state index in [1.165, 1.54) is 0 Å². The van der Waals surface area contributed by atoms with Crippen molar-refractivity contribution in [3.63, 3.8) is 0 Å². The topological polar surface area (TPSA) is 38.7 Å². The molecule has 0 unspecified atom stereocenters. The van der Waals surface area contributed by atoms with Gasteiger partial charge in [0, 0.05) is 11.2 Å². The molecule has 2 aliphatic rings. The summed E-state index contributed by atoms with van der Waals surface area (Å²) in [5, 5.41) is 10.0. The van der Waals surface area contributed by atoms with Gasteiger partial charge in [0.15, 0.2) is 0 Å². The van der Waals surface area contributed by atoms with Gasteiger partial charge in [0.1, 0.15) is 0 Å². The van der Waals surface area contributed by atoms with Crippen LogP contribution in [0.5, 0.6) is 0 Å². The second-order valence-corrected chi connectivity index (χ2v) is 6.37. The SMILES string of the molecule is C#C/C=C/C[C@@H]1O[C@H]([C@H]2C[C@H](Br)[C@@H](CC)O2)C[C@H]1O. The van der Waals surface area contributed by atoms with E-state index in [2.05, 4.69) is 28.8 Å². The Bertz CT molecular complexity index is 363. The summed E-state index contributed by atoms with van der Waals surface area (Å²) >= 11 is 3.66. The van der Waals surface area contributed by atoms with E-state index in [1.807, 2.05) is 6.08 Å². The van der Waals surface area contributed by atoms with Crippen molar-refractivity contribution >= 4 is 15.9 Å². The fourth-order valence-electron chi connectivity index (χ4n) is 2.81. The molecule has 0 aromatic rings. The average molecular weight is 329 g/mol. The number of alkyl halides is 1. The van der Waals surface area contributed by atoms with E-state index in [0.717, 1.165) is 12.8 Å². The summed E-state index contributed by atoms with van der Waals surface area (Å²) in [6.07, 6.45) is 11.7. The fourth-order valence-corrected chi connectivity index (χ4v) is 3.68. The lowest BCUT2D eigenvalue weighted by Crippen LogP contribution is -2.26. The molecule has 0 amide bonds. The van der Waals surface area contributed by atoms with Gasteiger partial charge in [-0.25, -0.2) is 0 Å². The molecule has 3 nitrogen and oxygen atoms in total. The van der Waals surface area contributed by atoms with Gasteiger partial charge in [-0.3, -0.25) is 0 Å². The number of rotatable bonds is 4. The predicted molar refractivity (Wildman–Crippen MR) is 78.2 cm³/mol. The van der Waals surface area contributed by atoms with E-state index in [-0.39, 0.29) is 24.4 Å². The van der Waals surface area contributed by atoms with Crippen LogP contribution < -0.4 is 0 Å². The monoisotopic (exact) mass is 328 g/mol. The Morgan fingerprint density at radius 3 is 2.63 bits per heavy atom. The highest BCUT2D eigenvalue weighted by Crippen LogP contribution is 2.36.